The molecule has 4 aromatic heterocycles. The summed E-state index contributed by atoms with van der Waals surface area (Å²) in [6, 6.07) is 10.7. The summed E-state index contributed by atoms with van der Waals surface area (Å²) in [7, 11) is 0. The molecule has 4 aromatic rings. The molecule has 0 unspecified atom stereocenters. The number of aromatic carboxylic acids is 3. The van der Waals surface area contributed by atoms with Gasteiger partial charge in [-0.25, -0.2) is 14.4 Å². The van der Waals surface area contributed by atoms with Crippen LogP contribution >= 0.6 is 0 Å². The van der Waals surface area contributed by atoms with E-state index in [4.69, 9.17) is 34.8 Å². The van der Waals surface area contributed by atoms with E-state index < -0.39 is 17.9 Å². The summed E-state index contributed by atoms with van der Waals surface area (Å²) in [4.78, 5) is 84.9. The Morgan fingerprint density at radius 3 is 1.11 bits per heavy atom. The maximum absolute atomic E-state index is 10.6. The van der Waals surface area contributed by atoms with Crippen LogP contribution in [0.4, 0.5) is 0 Å². The van der Waals surface area contributed by atoms with Crippen LogP contribution in [0.5, 0.6) is 0 Å². The van der Waals surface area contributed by atoms with Gasteiger partial charge < -0.3 is 43.6 Å². The fourth-order valence-corrected chi connectivity index (χ4v) is 2.25. The Labute approximate surface area is 245 Å². The molecule has 4 heterocycles. The van der Waals surface area contributed by atoms with Crippen molar-refractivity contribution in [3.8, 4) is 0 Å². The van der Waals surface area contributed by atoms with Crippen molar-refractivity contribution in [2.75, 3.05) is 0 Å². The van der Waals surface area contributed by atoms with Crippen molar-refractivity contribution in [2.24, 2.45) is 0 Å². The van der Waals surface area contributed by atoms with Crippen molar-refractivity contribution < 1.29 is 77.1 Å². The van der Waals surface area contributed by atoms with Gasteiger partial charge in [0.05, 0.1) is 0 Å². The molecule has 238 valence electrons. The Morgan fingerprint density at radius 2 is 0.909 bits per heavy atom. The Bertz CT molecular complexity index is 1400. The summed E-state index contributed by atoms with van der Waals surface area (Å²) in [5, 5.41) is 33.4. The number of ketones is 1. The molecule has 0 aromatic carbocycles. The number of carboxylic acid groups (broad SMARTS) is 3. The average Bonchev–Trinajstić information content (AvgIpc) is 3.80. The number of aliphatic hydroxyl groups excluding tert-OH is 1. The molecule has 0 aliphatic rings. The fraction of sp³-hybridized carbons (Fsp3) is 0.115. The van der Waals surface area contributed by atoms with Gasteiger partial charge in [0.1, 0.15) is 12.4 Å². The monoisotopic (exact) mass is 626 g/mol. The number of hydrogen-bond donors (Lipinski definition) is 4. The lowest BCUT2D eigenvalue weighted by Gasteiger charge is -1.85. The maximum Gasteiger partial charge on any atom is 0.371 e. The molecular weight excluding hydrogens is 600 g/mol. The van der Waals surface area contributed by atoms with Crippen LogP contribution in [0.2, 0.25) is 0 Å². The molecule has 0 saturated heterocycles. The predicted octanol–water partition coefficient (Wildman–Crippen LogP) is 3.22. The fourth-order valence-electron chi connectivity index (χ4n) is 2.25. The molecule has 0 radical (unpaired) electrons. The van der Waals surface area contributed by atoms with Crippen LogP contribution in [0.3, 0.4) is 0 Å². The van der Waals surface area contributed by atoms with Gasteiger partial charge >= 0.3 is 17.9 Å². The van der Waals surface area contributed by atoms with Gasteiger partial charge in [-0.15, -0.1) is 0 Å². The van der Waals surface area contributed by atoms with Crippen LogP contribution in [-0.2, 0) is 6.61 Å². The quantitative estimate of drug-likeness (QED) is 0.161. The van der Waals surface area contributed by atoms with Crippen LogP contribution in [0.25, 0.3) is 0 Å². The van der Waals surface area contributed by atoms with Crippen molar-refractivity contribution >= 4 is 42.5 Å². The molecule has 0 atom stereocenters. The Morgan fingerprint density at radius 1 is 0.591 bits per heavy atom. The first-order valence-corrected chi connectivity index (χ1v) is 10.7. The van der Waals surface area contributed by atoms with Crippen LogP contribution in [-0.4, -0.2) is 68.5 Å². The number of aldehydes is 3. The highest BCUT2D eigenvalue weighted by Gasteiger charge is 2.11. The summed E-state index contributed by atoms with van der Waals surface area (Å²) in [6.07, 6.45) is 1.50. The molecule has 0 aliphatic carbocycles. The van der Waals surface area contributed by atoms with E-state index in [0.717, 1.165) is 0 Å². The van der Waals surface area contributed by atoms with Gasteiger partial charge in [-0.3, -0.25) is 19.2 Å². The number of hydrogen-bond acceptors (Lipinski definition) is 14. The van der Waals surface area contributed by atoms with E-state index in [1.165, 1.54) is 49.4 Å². The first-order valence-electron chi connectivity index (χ1n) is 10.7. The van der Waals surface area contributed by atoms with Crippen molar-refractivity contribution in [1.29, 1.82) is 0 Å². The van der Waals surface area contributed by atoms with Gasteiger partial charge in [0.2, 0.25) is 17.3 Å². The number of carboxylic acids is 3. The number of Topliss-reactive ketones (excluding diaryl/α,β-unsaturated/α-hetero) is 1. The maximum atomic E-state index is 10.6. The second-order valence-corrected chi connectivity index (χ2v) is 6.86. The smallest absolute Gasteiger partial charge is 0.371 e. The molecular formula is C26H26O18. The summed E-state index contributed by atoms with van der Waals surface area (Å²) < 4.78 is 18.5. The number of aliphatic hydroxyl groups is 1. The van der Waals surface area contributed by atoms with Gasteiger partial charge in [0, 0.05) is 16.9 Å². The molecule has 0 bridgehead atoms. The number of carbonyl (C=O) groups excluding carboxylic acids is 4. The molecule has 6 N–H and O–H groups in total. The van der Waals surface area contributed by atoms with Crippen LogP contribution in [0, 0.1) is 9.93 Å². The molecule has 4 rings (SSSR count). The molecule has 18 nitrogen and oxygen atoms in total. The second kappa shape index (κ2) is 22.4. The van der Waals surface area contributed by atoms with E-state index in [2.05, 4.69) is 13.3 Å². The summed E-state index contributed by atoms with van der Waals surface area (Å²) in [6.45, 7) is 1.15. The van der Waals surface area contributed by atoms with Crippen LogP contribution < -0.4 is 0 Å². The van der Waals surface area contributed by atoms with E-state index in [9.17, 15) is 33.6 Å². The second-order valence-electron chi connectivity index (χ2n) is 6.86. The standard InChI is InChI=1S/C7H6O4.2C6H4O4.C6H6O3.CH4.O2.H2O/c1-4(8)5-2-3-6(11-5)7(9)10;2*7-3-4-1-2-5(10-4)6(8)9;7-3-5-1-2-6(4-8)9-5;;1-2;/h2-3H,1H3,(H,9,10);2*1-3H,(H,8,9);1-3,8H,4H2;1H4;;1H2. The molecule has 0 fully saturated rings. The van der Waals surface area contributed by atoms with E-state index in [1.807, 2.05) is 0 Å². The van der Waals surface area contributed by atoms with E-state index in [1.54, 1.807) is 6.07 Å². The average molecular weight is 626 g/mol. The first-order chi connectivity index (χ1) is 19.9. The van der Waals surface area contributed by atoms with Gasteiger partial charge in [0.25, 0.3) is 0 Å². The minimum Gasteiger partial charge on any atom is -0.475 e. The molecule has 0 saturated carbocycles. The zero-order chi connectivity index (χ0) is 32.2. The lowest BCUT2D eigenvalue weighted by atomic mass is 10.3. The lowest BCUT2D eigenvalue weighted by molar-refractivity contribution is 0.0649. The highest BCUT2D eigenvalue weighted by molar-refractivity contribution is 5.93. The Balaban J connectivity index is -0.000000493. The summed E-state index contributed by atoms with van der Waals surface area (Å²) >= 11 is 0. The summed E-state index contributed by atoms with van der Waals surface area (Å²) in [5.74, 6) is -3.66. The van der Waals surface area contributed by atoms with Gasteiger partial charge in [-0.05, 0) is 48.5 Å². The predicted molar refractivity (Wildman–Crippen MR) is 145 cm³/mol. The SMILES string of the molecule is C.CC(=O)c1ccc(C(=O)O)o1.O.O=Cc1ccc(C(=O)O)o1.O=Cc1ccc(C(=O)O)o1.O=Cc1ccc(CO)o1.O=O. The summed E-state index contributed by atoms with van der Waals surface area (Å²) in [5.41, 5.74) is 0. The van der Waals surface area contributed by atoms with Crippen molar-refractivity contribution in [3.63, 3.8) is 0 Å². The normalized spacial score (nSPS) is 8.59. The number of rotatable bonds is 8. The molecule has 0 spiro atoms. The first kappa shape index (κ1) is 42.2. The van der Waals surface area contributed by atoms with Crippen molar-refractivity contribution in [1.82, 2.24) is 0 Å². The van der Waals surface area contributed by atoms with E-state index in [-0.39, 0.29) is 65.6 Å². The number of carbonyl (C=O) groups is 7. The van der Waals surface area contributed by atoms with Crippen LogP contribution in [0.15, 0.2) is 66.2 Å². The van der Waals surface area contributed by atoms with E-state index >= 15 is 0 Å². The minimum atomic E-state index is -1.17. The van der Waals surface area contributed by atoms with Gasteiger partial charge in [-0.1, -0.05) is 7.43 Å². The molecule has 18 heteroatoms. The molecule has 0 aliphatic heterocycles. The highest BCUT2D eigenvalue weighted by atomic mass is 16.7. The molecule has 0 amide bonds. The highest BCUT2D eigenvalue weighted by Crippen LogP contribution is 2.08. The minimum absolute atomic E-state index is 0. The third-order valence-corrected chi connectivity index (χ3v) is 4.03. The topological polar surface area (TPSA) is 319 Å². The van der Waals surface area contributed by atoms with Crippen molar-refractivity contribution in [3.05, 3.63) is 105 Å². The third kappa shape index (κ3) is 14.9. The molecule has 44 heavy (non-hydrogen) atoms. The lowest BCUT2D eigenvalue weighted by Crippen LogP contribution is -1.93. The van der Waals surface area contributed by atoms with Gasteiger partial charge in [-0.2, -0.15) is 0 Å². The Kier molecular flexibility index (Phi) is 21.5. The van der Waals surface area contributed by atoms with Gasteiger partial charge in [0.15, 0.2) is 47.7 Å². The number of furan rings is 4. The largest absolute Gasteiger partial charge is 0.475 e. The van der Waals surface area contributed by atoms with Crippen LogP contribution in [0.1, 0.15) is 94.0 Å². The zero-order valence-electron chi connectivity index (χ0n) is 21.7. The zero-order valence-corrected chi connectivity index (χ0v) is 21.7. The Hall–Kier alpha value is -6.27. The van der Waals surface area contributed by atoms with Crippen molar-refractivity contribution in [2.45, 2.75) is 21.0 Å². The van der Waals surface area contributed by atoms with E-state index in [0.29, 0.717) is 24.6 Å². The third-order valence-electron chi connectivity index (χ3n) is 4.03.